The maximum Gasteiger partial charge on any atom is 0.228 e. The van der Waals surface area contributed by atoms with Crippen molar-refractivity contribution in [3.05, 3.63) is 35.9 Å². The Morgan fingerprint density at radius 1 is 1.27 bits per heavy atom. The number of hydrazine groups is 1. The van der Waals surface area contributed by atoms with E-state index in [1.54, 1.807) is 0 Å². The van der Waals surface area contributed by atoms with Crippen LogP contribution in [-0.2, 0) is 15.8 Å². The number of hydrogen-bond acceptors (Lipinski definition) is 5. The summed E-state index contributed by atoms with van der Waals surface area (Å²) >= 11 is 0. The molecule has 1 unspecified atom stereocenters. The molecule has 124 valence electrons. The first-order valence-corrected chi connectivity index (χ1v) is 9.42. The molecule has 1 fully saturated rings. The van der Waals surface area contributed by atoms with Crippen molar-refractivity contribution in [2.75, 3.05) is 26.2 Å². The molecule has 0 saturated carbocycles. The summed E-state index contributed by atoms with van der Waals surface area (Å²) in [5, 5.41) is 1.82. The van der Waals surface area contributed by atoms with E-state index in [1.807, 2.05) is 42.3 Å². The maximum atomic E-state index is 12.3. The van der Waals surface area contributed by atoms with Crippen LogP contribution in [0.3, 0.4) is 0 Å². The second kappa shape index (κ2) is 8.03. The average molecular weight is 326 g/mol. The minimum Gasteiger partial charge on any atom is -0.330 e. The quantitative estimate of drug-likeness (QED) is 0.772. The molecule has 0 aromatic heterocycles. The number of benzene rings is 1. The lowest BCUT2D eigenvalue weighted by Crippen LogP contribution is -2.58. The van der Waals surface area contributed by atoms with E-state index >= 15 is 0 Å². The van der Waals surface area contributed by atoms with Crippen LogP contribution in [0.25, 0.3) is 0 Å². The predicted octanol–water partition coefficient (Wildman–Crippen LogP) is 0.724. The molecule has 1 heterocycles. The Labute approximate surface area is 133 Å². The molecular weight excluding hydrogens is 300 g/mol. The van der Waals surface area contributed by atoms with Crippen molar-refractivity contribution in [3.63, 3.8) is 0 Å². The number of sulfonamides is 1. The molecule has 1 aromatic carbocycles. The van der Waals surface area contributed by atoms with Crippen LogP contribution in [0.15, 0.2) is 30.3 Å². The second-order valence-corrected chi connectivity index (χ2v) is 7.39. The van der Waals surface area contributed by atoms with Crippen molar-refractivity contribution in [2.24, 2.45) is 5.73 Å². The van der Waals surface area contributed by atoms with E-state index in [9.17, 15) is 8.42 Å². The molecule has 7 heteroatoms. The predicted molar refractivity (Wildman–Crippen MR) is 88.2 cm³/mol. The van der Waals surface area contributed by atoms with Crippen LogP contribution >= 0.6 is 0 Å². The molecule has 0 aliphatic carbocycles. The monoisotopic (exact) mass is 326 g/mol. The standard InChI is InChI=1S/C15H26N4O2S/c1-14-18(10-5-9-16)11-6-12-19(14)17-22(20,21)13-15-7-3-2-4-8-15/h2-4,7-8,14,17H,5-6,9-13,16H2,1H3. The van der Waals surface area contributed by atoms with E-state index in [-0.39, 0.29) is 11.9 Å². The van der Waals surface area contributed by atoms with Crippen molar-refractivity contribution in [3.8, 4) is 0 Å². The number of nitrogens with one attached hydrogen (secondary N) is 1. The molecule has 0 bridgehead atoms. The number of nitrogens with zero attached hydrogens (tertiary/aromatic N) is 2. The molecule has 1 atom stereocenters. The van der Waals surface area contributed by atoms with Crippen molar-refractivity contribution in [1.29, 1.82) is 0 Å². The van der Waals surface area contributed by atoms with Gasteiger partial charge in [0.2, 0.25) is 10.0 Å². The SMILES string of the molecule is CC1N(CCCN)CCCN1NS(=O)(=O)Cc1ccccc1. The van der Waals surface area contributed by atoms with Gasteiger partial charge >= 0.3 is 0 Å². The third-order valence-electron chi connectivity index (χ3n) is 3.93. The van der Waals surface area contributed by atoms with Gasteiger partial charge in [0.25, 0.3) is 0 Å². The Balaban J connectivity index is 1.96. The van der Waals surface area contributed by atoms with Gasteiger partial charge in [0.15, 0.2) is 0 Å². The molecule has 1 aromatic rings. The third-order valence-corrected chi connectivity index (χ3v) is 5.16. The van der Waals surface area contributed by atoms with Crippen LogP contribution < -0.4 is 10.6 Å². The molecule has 6 nitrogen and oxygen atoms in total. The highest BCUT2D eigenvalue weighted by Gasteiger charge is 2.28. The highest BCUT2D eigenvalue weighted by molar-refractivity contribution is 7.88. The first-order chi connectivity index (χ1) is 10.5. The third kappa shape index (κ3) is 5.03. The van der Waals surface area contributed by atoms with Gasteiger partial charge in [0.1, 0.15) is 0 Å². The Morgan fingerprint density at radius 3 is 2.68 bits per heavy atom. The molecule has 1 aliphatic heterocycles. The topological polar surface area (TPSA) is 78.7 Å². The van der Waals surface area contributed by atoms with E-state index in [4.69, 9.17) is 5.73 Å². The van der Waals surface area contributed by atoms with Crippen LogP contribution in [-0.4, -0.2) is 50.7 Å². The van der Waals surface area contributed by atoms with Crippen LogP contribution in [0, 0.1) is 0 Å². The normalized spacial score (nSPS) is 21.1. The van der Waals surface area contributed by atoms with Crippen molar-refractivity contribution < 1.29 is 8.42 Å². The lowest BCUT2D eigenvalue weighted by Gasteiger charge is -2.41. The summed E-state index contributed by atoms with van der Waals surface area (Å²) < 4.78 is 24.7. The Kier molecular flexibility index (Phi) is 6.34. The zero-order valence-electron chi connectivity index (χ0n) is 13.1. The molecule has 0 spiro atoms. The zero-order chi connectivity index (χ0) is 16.0. The minimum atomic E-state index is -3.39. The minimum absolute atomic E-state index is 0.000139. The second-order valence-electron chi connectivity index (χ2n) is 5.69. The van der Waals surface area contributed by atoms with Gasteiger partial charge in [0.05, 0.1) is 11.9 Å². The summed E-state index contributed by atoms with van der Waals surface area (Å²) in [6.07, 6.45) is 1.92. The Morgan fingerprint density at radius 2 is 2.00 bits per heavy atom. The number of rotatable bonds is 7. The Bertz CT molecular complexity index is 550. The average Bonchev–Trinajstić information content (AvgIpc) is 2.48. The first-order valence-electron chi connectivity index (χ1n) is 7.76. The largest absolute Gasteiger partial charge is 0.330 e. The molecule has 0 amide bonds. The lowest BCUT2D eigenvalue weighted by atomic mass is 10.2. The maximum absolute atomic E-state index is 12.3. The van der Waals surface area contributed by atoms with Gasteiger partial charge in [-0.25, -0.2) is 13.4 Å². The lowest BCUT2D eigenvalue weighted by molar-refractivity contribution is 0.0000568. The number of nitrogens with two attached hydrogens (primary N) is 1. The van der Waals surface area contributed by atoms with Gasteiger partial charge in [-0.2, -0.15) is 0 Å². The van der Waals surface area contributed by atoms with Crippen molar-refractivity contribution in [2.45, 2.75) is 31.7 Å². The molecule has 1 saturated heterocycles. The van der Waals surface area contributed by atoms with Gasteiger partial charge in [0, 0.05) is 19.6 Å². The molecular formula is C15H26N4O2S. The van der Waals surface area contributed by atoms with Crippen LogP contribution in [0.4, 0.5) is 0 Å². The van der Waals surface area contributed by atoms with E-state index in [0.29, 0.717) is 6.54 Å². The highest BCUT2D eigenvalue weighted by Crippen LogP contribution is 2.14. The summed E-state index contributed by atoms with van der Waals surface area (Å²) in [6.45, 7) is 5.30. The van der Waals surface area contributed by atoms with Crippen LogP contribution in [0.1, 0.15) is 25.3 Å². The van der Waals surface area contributed by atoms with Crippen LogP contribution in [0.2, 0.25) is 0 Å². The smallest absolute Gasteiger partial charge is 0.228 e. The molecule has 22 heavy (non-hydrogen) atoms. The van der Waals surface area contributed by atoms with Gasteiger partial charge < -0.3 is 5.73 Å². The summed E-state index contributed by atoms with van der Waals surface area (Å²) in [6, 6.07) is 9.23. The van der Waals surface area contributed by atoms with Crippen LogP contribution in [0.5, 0.6) is 0 Å². The fourth-order valence-electron chi connectivity index (χ4n) is 2.73. The summed E-state index contributed by atoms with van der Waals surface area (Å²) in [5.41, 5.74) is 6.35. The van der Waals surface area contributed by atoms with Crippen molar-refractivity contribution in [1.82, 2.24) is 14.7 Å². The van der Waals surface area contributed by atoms with Gasteiger partial charge in [-0.3, -0.25) is 4.90 Å². The van der Waals surface area contributed by atoms with E-state index in [0.717, 1.165) is 38.0 Å². The first kappa shape index (κ1) is 17.4. The Hall–Kier alpha value is -0.990. The van der Waals surface area contributed by atoms with E-state index in [2.05, 4.69) is 9.73 Å². The molecule has 2 rings (SSSR count). The van der Waals surface area contributed by atoms with E-state index < -0.39 is 10.0 Å². The molecule has 3 N–H and O–H groups in total. The highest BCUT2D eigenvalue weighted by atomic mass is 32.2. The van der Waals surface area contributed by atoms with E-state index in [1.165, 1.54) is 0 Å². The number of hydrogen-bond donors (Lipinski definition) is 2. The fourth-order valence-corrected chi connectivity index (χ4v) is 4.03. The zero-order valence-corrected chi connectivity index (χ0v) is 13.9. The molecule has 1 aliphatic rings. The van der Waals surface area contributed by atoms with Gasteiger partial charge in [-0.15, -0.1) is 4.83 Å². The van der Waals surface area contributed by atoms with Gasteiger partial charge in [-0.1, -0.05) is 30.3 Å². The fraction of sp³-hybridized carbons (Fsp3) is 0.600. The van der Waals surface area contributed by atoms with Gasteiger partial charge in [-0.05, 0) is 31.9 Å². The summed E-state index contributed by atoms with van der Waals surface area (Å²) in [4.78, 5) is 5.00. The summed E-state index contributed by atoms with van der Waals surface area (Å²) in [5.74, 6) is -0.000139. The summed E-state index contributed by atoms with van der Waals surface area (Å²) in [7, 11) is -3.39. The van der Waals surface area contributed by atoms with Crippen molar-refractivity contribution >= 4 is 10.0 Å². The molecule has 0 radical (unpaired) electrons.